The fourth-order valence-electron chi connectivity index (χ4n) is 1.35. The second-order valence-electron chi connectivity index (χ2n) is 3.17. The van der Waals surface area contributed by atoms with Crippen LogP contribution < -0.4 is 5.32 Å². The van der Waals surface area contributed by atoms with E-state index in [1.165, 1.54) is 12.1 Å². The molecule has 1 aromatic carbocycles. The monoisotopic (exact) mass is 247 g/mol. The molecule has 4 heteroatoms. The van der Waals surface area contributed by atoms with Gasteiger partial charge in [0.05, 0.1) is 0 Å². The van der Waals surface area contributed by atoms with Gasteiger partial charge in [-0.1, -0.05) is 18.5 Å². The quantitative estimate of drug-likeness (QED) is 0.855. The highest BCUT2D eigenvalue weighted by molar-refractivity contribution is 7.99. The minimum atomic E-state index is -0.240. The Morgan fingerprint density at radius 2 is 2.27 bits per heavy atom. The smallest absolute Gasteiger partial charge is 0.123 e. The Labute approximate surface area is 99.4 Å². The third kappa shape index (κ3) is 3.67. The van der Waals surface area contributed by atoms with Gasteiger partial charge >= 0.3 is 0 Å². The third-order valence-corrected chi connectivity index (χ3v) is 3.49. The number of halogens is 2. The molecule has 1 atom stereocenters. The maximum absolute atomic E-state index is 13.1. The molecule has 0 bridgehead atoms. The first-order valence-corrected chi connectivity index (χ1v) is 6.42. The molecule has 1 aromatic rings. The second kappa shape index (κ2) is 6.36. The summed E-state index contributed by atoms with van der Waals surface area (Å²) in [7, 11) is 1.86. The summed E-state index contributed by atoms with van der Waals surface area (Å²) in [6, 6.07) is 4.59. The molecule has 0 aliphatic rings. The molecule has 0 saturated carbocycles. The number of nitrogens with one attached hydrogen (secondary N) is 1. The molecule has 0 spiro atoms. The van der Waals surface area contributed by atoms with E-state index in [0.29, 0.717) is 5.02 Å². The lowest BCUT2D eigenvalue weighted by atomic mass is 10.1. The Balaban J connectivity index is 2.85. The van der Waals surface area contributed by atoms with Crippen molar-refractivity contribution in [3.8, 4) is 0 Å². The number of hydrogen-bond acceptors (Lipinski definition) is 2. The van der Waals surface area contributed by atoms with E-state index in [0.717, 1.165) is 17.1 Å². The molecular formula is C11H15ClFNS. The summed E-state index contributed by atoms with van der Waals surface area (Å²) < 4.78 is 13.1. The Morgan fingerprint density at radius 1 is 1.53 bits per heavy atom. The summed E-state index contributed by atoms with van der Waals surface area (Å²) in [5, 5.41) is 3.77. The van der Waals surface area contributed by atoms with Crippen LogP contribution >= 0.6 is 23.4 Å². The van der Waals surface area contributed by atoms with Gasteiger partial charge < -0.3 is 5.32 Å². The van der Waals surface area contributed by atoms with Gasteiger partial charge in [0, 0.05) is 16.8 Å². The molecule has 0 amide bonds. The van der Waals surface area contributed by atoms with Crippen LogP contribution in [0.5, 0.6) is 0 Å². The van der Waals surface area contributed by atoms with Crippen molar-refractivity contribution in [1.82, 2.24) is 5.32 Å². The van der Waals surface area contributed by atoms with Crippen LogP contribution in [-0.2, 0) is 0 Å². The van der Waals surface area contributed by atoms with Crippen LogP contribution in [0.4, 0.5) is 4.39 Å². The lowest BCUT2D eigenvalue weighted by Crippen LogP contribution is -2.19. The van der Waals surface area contributed by atoms with E-state index in [4.69, 9.17) is 11.6 Å². The lowest BCUT2D eigenvalue weighted by Gasteiger charge is -2.17. The normalized spacial score (nSPS) is 12.8. The minimum absolute atomic E-state index is 0.109. The standard InChI is InChI=1S/C11H15ClFNS/c1-3-15-7-11(14-2)9-6-8(13)4-5-10(9)12/h4-6,11,14H,3,7H2,1-2H3. The van der Waals surface area contributed by atoms with Gasteiger partial charge in [0.1, 0.15) is 5.82 Å². The zero-order valence-electron chi connectivity index (χ0n) is 8.89. The van der Waals surface area contributed by atoms with Gasteiger partial charge in [-0.05, 0) is 36.6 Å². The van der Waals surface area contributed by atoms with Crippen LogP contribution in [0, 0.1) is 5.82 Å². The molecule has 0 aromatic heterocycles. The van der Waals surface area contributed by atoms with Crippen molar-refractivity contribution in [2.75, 3.05) is 18.6 Å². The molecule has 1 N–H and O–H groups in total. The van der Waals surface area contributed by atoms with Crippen LogP contribution in [0.15, 0.2) is 18.2 Å². The summed E-state index contributed by atoms with van der Waals surface area (Å²) in [4.78, 5) is 0. The van der Waals surface area contributed by atoms with E-state index in [9.17, 15) is 4.39 Å². The van der Waals surface area contributed by atoms with Crippen molar-refractivity contribution >= 4 is 23.4 Å². The van der Waals surface area contributed by atoms with Gasteiger partial charge in [-0.25, -0.2) is 4.39 Å². The zero-order valence-corrected chi connectivity index (χ0v) is 10.5. The van der Waals surface area contributed by atoms with E-state index >= 15 is 0 Å². The number of hydrogen-bond donors (Lipinski definition) is 1. The van der Waals surface area contributed by atoms with Gasteiger partial charge in [-0.2, -0.15) is 11.8 Å². The average molecular weight is 248 g/mol. The van der Waals surface area contributed by atoms with Crippen molar-refractivity contribution < 1.29 is 4.39 Å². The molecule has 0 saturated heterocycles. The number of rotatable bonds is 5. The molecule has 0 aliphatic heterocycles. The average Bonchev–Trinajstić information content (AvgIpc) is 2.24. The molecule has 1 unspecified atom stereocenters. The highest BCUT2D eigenvalue weighted by Gasteiger charge is 2.13. The largest absolute Gasteiger partial charge is 0.312 e. The maximum atomic E-state index is 13.1. The van der Waals surface area contributed by atoms with Crippen LogP contribution in [0.25, 0.3) is 0 Å². The maximum Gasteiger partial charge on any atom is 0.123 e. The van der Waals surface area contributed by atoms with Crippen molar-refractivity contribution in [3.05, 3.63) is 34.6 Å². The van der Waals surface area contributed by atoms with E-state index in [-0.39, 0.29) is 11.9 Å². The fourth-order valence-corrected chi connectivity index (χ4v) is 2.41. The third-order valence-electron chi connectivity index (χ3n) is 2.17. The van der Waals surface area contributed by atoms with Gasteiger partial charge in [0.25, 0.3) is 0 Å². The number of benzene rings is 1. The van der Waals surface area contributed by atoms with E-state index in [1.54, 1.807) is 17.8 Å². The highest BCUT2D eigenvalue weighted by atomic mass is 35.5. The first-order chi connectivity index (χ1) is 7.19. The van der Waals surface area contributed by atoms with Gasteiger partial charge in [0.15, 0.2) is 0 Å². The van der Waals surface area contributed by atoms with Crippen LogP contribution in [0.2, 0.25) is 5.02 Å². The van der Waals surface area contributed by atoms with Crippen LogP contribution in [0.3, 0.4) is 0 Å². The van der Waals surface area contributed by atoms with Crippen LogP contribution in [0.1, 0.15) is 18.5 Å². The summed E-state index contributed by atoms with van der Waals surface area (Å²) in [5.41, 5.74) is 0.833. The summed E-state index contributed by atoms with van der Waals surface area (Å²) in [5.74, 6) is 1.71. The molecule has 15 heavy (non-hydrogen) atoms. The molecule has 0 heterocycles. The van der Waals surface area contributed by atoms with Crippen molar-refractivity contribution in [2.24, 2.45) is 0 Å². The summed E-state index contributed by atoms with van der Waals surface area (Å²) >= 11 is 7.84. The molecular weight excluding hydrogens is 233 g/mol. The molecule has 0 aliphatic carbocycles. The first-order valence-electron chi connectivity index (χ1n) is 4.89. The summed E-state index contributed by atoms with van der Waals surface area (Å²) in [6.07, 6.45) is 0. The topological polar surface area (TPSA) is 12.0 Å². The van der Waals surface area contributed by atoms with Gasteiger partial charge in [0.2, 0.25) is 0 Å². The van der Waals surface area contributed by atoms with E-state index in [2.05, 4.69) is 12.2 Å². The predicted molar refractivity (Wildman–Crippen MR) is 66.2 cm³/mol. The highest BCUT2D eigenvalue weighted by Crippen LogP contribution is 2.26. The van der Waals surface area contributed by atoms with Crippen molar-refractivity contribution in [1.29, 1.82) is 0 Å². The fraction of sp³-hybridized carbons (Fsp3) is 0.455. The SMILES string of the molecule is CCSCC(NC)c1cc(F)ccc1Cl. The predicted octanol–water partition coefficient (Wildman–Crippen LogP) is 3.49. The zero-order chi connectivity index (χ0) is 11.3. The molecule has 0 radical (unpaired) electrons. The van der Waals surface area contributed by atoms with Gasteiger partial charge in [-0.3, -0.25) is 0 Å². The first kappa shape index (κ1) is 12.8. The van der Waals surface area contributed by atoms with Crippen LogP contribution in [-0.4, -0.2) is 18.6 Å². The second-order valence-corrected chi connectivity index (χ2v) is 4.89. The Hall–Kier alpha value is -0.250. The van der Waals surface area contributed by atoms with Gasteiger partial charge in [-0.15, -0.1) is 0 Å². The summed E-state index contributed by atoms with van der Waals surface area (Å²) in [6.45, 7) is 2.10. The van der Waals surface area contributed by atoms with Crippen molar-refractivity contribution in [2.45, 2.75) is 13.0 Å². The molecule has 1 nitrogen and oxygen atoms in total. The molecule has 84 valence electrons. The molecule has 0 fully saturated rings. The Bertz CT molecular complexity index is 319. The van der Waals surface area contributed by atoms with E-state index in [1.807, 2.05) is 7.05 Å². The van der Waals surface area contributed by atoms with E-state index < -0.39 is 0 Å². The minimum Gasteiger partial charge on any atom is -0.312 e. The number of thioether (sulfide) groups is 1. The Morgan fingerprint density at radius 3 is 2.87 bits per heavy atom. The Kier molecular flexibility index (Phi) is 5.43. The van der Waals surface area contributed by atoms with Crippen molar-refractivity contribution in [3.63, 3.8) is 0 Å². The molecule has 1 rings (SSSR count). The lowest BCUT2D eigenvalue weighted by molar-refractivity contribution is 0.611.